The van der Waals surface area contributed by atoms with Gasteiger partial charge in [-0.25, -0.2) is 4.98 Å². The summed E-state index contributed by atoms with van der Waals surface area (Å²) in [5, 5.41) is 12.4. The summed E-state index contributed by atoms with van der Waals surface area (Å²) in [6.45, 7) is 3.84. The first-order valence-electron chi connectivity index (χ1n) is 13.1. The van der Waals surface area contributed by atoms with Gasteiger partial charge in [-0.3, -0.25) is 14.7 Å². The number of H-pyrrole nitrogens is 2. The number of nitrogens with zero attached hydrogens (tertiary/aromatic N) is 2. The molecule has 39 heavy (non-hydrogen) atoms. The third-order valence-electron chi connectivity index (χ3n) is 6.80. The number of halogens is 2. The van der Waals surface area contributed by atoms with E-state index in [1.807, 2.05) is 32.0 Å². The lowest BCUT2D eigenvalue weighted by molar-refractivity contribution is -0.121. The van der Waals surface area contributed by atoms with Crippen molar-refractivity contribution in [3.8, 4) is 17.1 Å². The van der Waals surface area contributed by atoms with Crippen LogP contribution in [-0.4, -0.2) is 39.0 Å². The minimum atomic E-state index is -0.379. The summed E-state index contributed by atoms with van der Waals surface area (Å²) < 4.78 is 5.38. The summed E-state index contributed by atoms with van der Waals surface area (Å²) in [6.07, 6.45) is 4.52. The zero-order valence-electron chi connectivity index (χ0n) is 22.4. The summed E-state index contributed by atoms with van der Waals surface area (Å²) in [5.74, 6) is 1.87. The first-order chi connectivity index (χ1) is 18.8. The molecule has 2 aromatic heterocycles. The normalized spacial score (nSPS) is 12.0. The van der Waals surface area contributed by atoms with Gasteiger partial charge in [-0.1, -0.05) is 43.0 Å². The number of hydrogen-bond acceptors (Lipinski definition) is 5. The Hall–Kier alpha value is -3.36. The van der Waals surface area contributed by atoms with Crippen molar-refractivity contribution in [1.82, 2.24) is 25.5 Å². The summed E-state index contributed by atoms with van der Waals surface area (Å²) in [4.78, 5) is 33.0. The number of nitrogens with one attached hydrogen (secondary N) is 3. The van der Waals surface area contributed by atoms with E-state index in [1.54, 1.807) is 25.3 Å². The second kappa shape index (κ2) is 13.1. The lowest BCUT2D eigenvalue weighted by Gasteiger charge is -2.16. The molecular formula is C29H33Cl2N5O3. The van der Waals surface area contributed by atoms with Crippen LogP contribution in [0.2, 0.25) is 10.0 Å². The molecule has 0 aliphatic carbocycles. The molecule has 0 aliphatic rings. The number of rotatable bonds is 13. The number of benzene rings is 2. The van der Waals surface area contributed by atoms with Gasteiger partial charge >= 0.3 is 0 Å². The molecule has 1 amide bonds. The smallest absolute Gasteiger partial charge is 0.225 e. The van der Waals surface area contributed by atoms with Crippen molar-refractivity contribution in [3.63, 3.8) is 0 Å². The predicted molar refractivity (Wildman–Crippen MR) is 154 cm³/mol. The topological polar surface area (TPSA) is 113 Å². The van der Waals surface area contributed by atoms with Crippen LogP contribution < -0.4 is 10.1 Å². The second-order valence-electron chi connectivity index (χ2n) is 9.63. The number of hydrogen-bond donors (Lipinski definition) is 3. The highest BCUT2D eigenvalue weighted by atomic mass is 35.5. The Kier molecular flexibility index (Phi) is 9.64. The molecule has 0 bridgehead atoms. The quantitative estimate of drug-likeness (QED) is 0.151. The number of carbonyl (C=O) groups excluding carboxylic acids is 2. The third kappa shape index (κ3) is 7.40. The number of carbonyl (C=O) groups is 2. The highest BCUT2D eigenvalue weighted by Gasteiger charge is 2.21. The highest BCUT2D eigenvalue weighted by molar-refractivity contribution is 6.35. The van der Waals surface area contributed by atoms with Gasteiger partial charge in [0.15, 0.2) is 5.82 Å². The number of aryl methyl sites for hydroxylation is 1. The van der Waals surface area contributed by atoms with Crippen LogP contribution in [0.25, 0.3) is 22.3 Å². The molecule has 0 saturated carbocycles. The molecule has 0 saturated heterocycles. The van der Waals surface area contributed by atoms with Crippen LogP contribution in [0.15, 0.2) is 36.4 Å². The molecule has 1 atom stereocenters. The monoisotopic (exact) mass is 569 g/mol. The SMILES string of the molecule is CCC(=O)CCCCC[C@H](NC(=O)Cc1c(C)[nH]c2ccc(OC)cc12)c1nc(-c2cc(Cl)cc(Cl)c2)n[nH]1. The van der Waals surface area contributed by atoms with Gasteiger partial charge < -0.3 is 15.0 Å². The van der Waals surface area contributed by atoms with Crippen LogP contribution in [0.1, 0.15) is 68.6 Å². The van der Waals surface area contributed by atoms with E-state index in [0.717, 1.165) is 47.2 Å². The van der Waals surface area contributed by atoms with Gasteiger partial charge in [0.25, 0.3) is 0 Å². The van der Waals surface area contributed by atoms with Crippen LogP contribution in [0.5, 0.6) is 5.75 Å². The lowest BCUT2D eigenvalue weighted by Crippen LogP contribution is -2.30. The van der Waals surface area contributed by atoms with E-state index in [4.69, 9.17) is 27.9 Å². The molecule has 206 valence electrons. The van der Waals surface area contributed by atoms with E-state index in [0.29, 0.717) is 46.5 Å². The van der Waals surface area contributed by atoms with Crippen LogP contribution in [0.4, 0.5) is 0 Å². The zero-order valence-corrected chi connectivity index (χ0v) is 23.9. The largest absolute Gasteiger partial charge is 0.497 e. The fourth-order valence-electron chi connectivity index (χ4n) is 4.67. The van der Waals surface area contributed by atoms with Crippen molar-refractivity contribution >= 4 is 45.8 Å². The van der Waals surface area contributed by atoms with Gasteiger partial charge in [-0.2, -0.15) is 5.10 Å². The number of amides is 1. The minimum Gasteiger partial charge on any atom is -0.497 e. The van der Waals surface area contributed by atoms with E-state index in [-0.39, 0.29) is 24.2 Å². The molecule has 0 fully saturated rings. The van der Waals surface area contributed by atoms with Gasteiger partial charge in [0.1, 0.15) is 17.4 Å². The Labute approximate surface area is 237 Å². The van der Waals surface area contributed by atoms with Crippen LogP contribution in [0, 0.1) is 6.92 Å². The number of methoxy groups -OCH3 is 1. The first kappa shape index (κ1) is 28.6. The van der Waals surface area contributed by atoms with Crippen molar-refractivity contribution in [1.29, 1.82) is 0 Å². The Morgan fingerprint density at radius 3 is 2.56 bits per heavy atom. The lowest BCUT2D eigenvalue weighted by atomic mass is 10.0. The van der Waals surface area contributed by atoms with Gasteiger partial charge in [-0.15, -0.1) is 0 Å². The van der Waals surface area contributed by atoms with Gasteiger partial charge in [0, 0.05) is 45.0 Å². The van der Waals surface area contributed by atoms with E-state index in [9.17, 15) is 9.59 Å². The van der Waals surface area contributed by atoms with Crippen LogP contribution >= 0.6 is 23.2 Å². The molecule has 3 N–H and O–H groups in total. The van der Waals surface area contributed by atoms with E-state index in [2.05, 4.69) is 25.5 Å². The Morgan fingerprint density at radius 2 is 1.85 bits per heavy atom. The van der Waals surface area contributed by atoms with E-state index in [1.165, 1.54) is 0 Å². The molecule has 2 heterocycles. The number of aromatic amines is 2. The van der Waals surface area contributed by atoms with E-state index >= 15 is 0 Å². The van der Waals surface area contributed by atoms with Gasteiger partial charge in [0.2, 0.25) is 5.91 Å². The van der Waals surface area contributed by atoms with Gasteiger partial charge in [0.05, 0.1) is 19.6 Å². The second-order valence-corrected chi connectivity index (χ2v) is 10.5. The van der Waals surface area contributed by atoms with Crippen molar-refractivity contribution in [3.05, 3.63) is 63.5 Å². The fraction of sp³-hybridized carbons (Fsp3) is 0.379. The predicted octanol–water partition coefficient (Wildman–Crippen LogP) is 6.91. The van der Waals surface area contributed by atoms with E-state index < -0.39 is 0 Å². The Morgan fingerprint density at radius 1 is 1.08 bits per heavy atom. The summed E-state index contributed by atoms with van der Waals surface area (Å²) >= 11 is 12.3. The molecule has 10 heteroatoms. The van der Waals surface area contributed by atoms with Crippen molar-refractivity contribution in [2.75, 3.05) is 7.11 Å². The highest BCUT2D eigenvalue weighted by Crippen LogP contribution is 2.29. The molecule has 4 aromatic rings. The number of aromatic nitrogens is 4. The Balaban J connectivity index is 1.52. The molecule has 8 nitrogen and oxygen atoms in total. The average Bonchev–Trinajstić information content (AvgIpc) is 3.52. The summed E-state index contributed by atoms with van der Waals surface area (Å²) in [7, 11) is 1.62. The number of unbranched alkanes of at least 4 members (excludes halogenated alkanes) is 2. The van der Waals surface area contributed by atoms with Crippen molar-refractivity contribution in [2.45, 2.75) is 64.8 Å². The fourth-order valence-corrected chi connectivity index (χ4v) is 5.19. The maximum absolute atomic E-state index is 13.3. The maximum Gasteiger partial charge on any atom is 0.225 e. The number of ketones is 1. The summed E-state index contributed by atoms with van der Waals surface area (Å²) in [6, 6.07) is 10.5. The molecule has 0 unspecified atom stereocenters. The summed E-state index contributed by atoms with van der Waals surface area (Å²) in [5.41, 5.74) is 3.49. The molecule has 0 aliphatic heterocycles. The third-order valence-corrected chi connectivity index (χ3v) is 7.23. The minimum absolute atomic E-state index is 0.128. The molecule has 4 rings (SSSR count). The van der Waals surface area contributed by atoms with Crippen molar-refractivity contribution < 1.29 is 14.3 Å². The molecule has 2 aromatic carbocycles. The molecule has 0 radical (unpaired) electrons. The van der Waals surface area contributed by atoms with Gasteiger partial charge in [-0.05, 0) is 61.7 Å². The maximum atomic E-state index is 13.3. The number of fused-ring (bicyclic) bond motifs is 1. The van der Waals surface area contributed by atoms with Crippen LogP contribution in [0.3, 0.4) is 0 Å². The first-order valence-corrected chi connectivity index (χ1v) is 13.9. The average molecular weight is 571 g/mol. The molecular weight excluding hydrogens is 537 g/mol. The van der Waals surface area contributed by atoms with Crippen molar-refractivity contribution in [2.24, 2.45) is 0 Å². The molecule has 0 spiro atoms. The Bertz CT molecular complexity index is 1440. The number of ether oxygens (including phenoxy) is 1. The standard InChI is InChI=1S/C29H33Cl2N5O3/c1-4-21(37)8-6-5-7-9-26(29-34-28(35-36-29)18-12-19(30)14-20(31)13-18)33-27(38)16-23-17(2)32-25-11-10-22(39-3)15-24(23)25/h10-15,26,32H,4-9,16H2,1-3H3,(H,33,38)(H,34,35,36)/t26-/m0/s1. The zero-order chi connectivity index (χ0) is 27.9. The van der Waals surface area contributed by atoms with Crippen LogP contribution in [-0.2, 0) is 16.0 Å². The number of Topliss-reactive ketones (excluding diaryl/α,β-unsaturated/α-hetero) is 1.